The Hall–Kier alpha value is -3.77. The van der Waals surface area contributed by atoms with Crippen LogP contribution in [0.25, 0.3) is 16.0 Å². The van der Waals surface area contributed by atoms with Crippen molar-refractivity contribution in [3.8, 4) is 0 Å². The fourth-order valence-electron chi connectivity index (χ4n) is 5.61. The summed E-state index contributed by atoms with van der Waals surface area (Å²) >= 11 is 1.40. The molecule has 6 heteroatoms. The molecule has 0 spiro atoms. The Morgan fingerprint density at radius 3 is 2.55 bits per heavy atom. The monoisotopic (exact) mass is 522 g/mol. The van der Waals surface area contributed by atoms with Gasteiger partial charge >= 0.3 is 5.91 Å². The van der Waals surface area contributed by atoms with E-state index in [1.54, 1.807) is 0 Å². The molecule has 0 saturated carbocycles. The molecule has 6 rings (SSSR count). The third-order valence-electron chi connectivity index (χ3n) is 7.70. The standard InChI is InChI=1S/C32H30N2O3S/c1-18(2)21-13-14-25-26(17-21)38-32(33-25)34-28(23-10-6-7-19(3)15-23)27(30(36)31(34)37)29(35)24-12-11-20-8-4-5-9-22(20)16-24/h6-7,10-18,28,35H,4-5,8-9H2,1-3H3/b29-27+. The maximum atomic E-state index is 13.6. The van der Waals surface area contributed by atoms with E-state index in [-0.39, 0.29) is 11.3 Å². The Bertz CT molecular complexity index is 1630. The van der Waals surface area contributed by atoms with Crippen LogP contribution in [0.4, 0.5) is 5.13 Å². The van der Waals surface area contributed by atoms with Crippen LogP contribution in [-0.4, -0.2) is 21.8 Å². The molecule has 1 unspecified atom stereocenters. The number of rotatable bonds is 4. The Morgan fingerprint density at radius 2 is 1.79 bits per heavy atom. The van der Waals surface area contributed by atoms with Crippen molar-refractivity contribution in [2.75, 3.05) is 4.90 Å². The van der Waals surface area contributed by atoms with Crippen LogP contribution in [0.15, 0.2) is 66.2 Å². The predicted molar refractivity (Wildman–Crippen MR) is 153 cm³/mol. The van der Waals surface area contributed by atoms with Gasteiger partial charge in [-0.05, 0) is 79.0 Å². The van der Waals surface area contributed by atoms with Gasteiger partial charge in [-0.15, -0.1) is 0 Å². The molecule has 2 heterocycles. The molecule has 1 amide bonds. The summed E-state index contributed by atoms with van der Waals surface area (Å²) < 4.78 is 0.964. The lowest BCUT2D eigenvalue weighted by atomic mass is 9.88. The van der Waals surface area contributed by atoms with Crippen molar-refractivity contribution < 1.29 is 14.7 Å². The number of aromatic nitrogens is 1. The topological polar surface area (TPSA) is 70.5 Å². The number of ketones is 1. The number of anilines is 1. The van der Waals surface area contributed by atoms with Crippen molar-refractivity contribution in [3.05, 3.63) is 99.6 Å². The van der Waals surface area contributed by atoms with Gasteiger partial charge in [0.25, 0.3) is 5.78 Å². The first kappa shape index (κ1) is 24.6. The number of amides is 1. The Labute approximate surface area is 226 Å². The van der Waals surface area contributed by atoms with Gasteiger partial charge in [-0.25, -0.2) is 4.98 Å². The van der Waals surface area contributed by atoms with E-state index < -0.39 is 17.7 Å². The Balaban J connectivity index is 1.53. The van der Waals surface area contributed by atoms with Crippen molar-refractivity contribution in [1.82, 2.24) is 4.98 Å². The summed E-state index contributed by atoms with van der Waals surface area (Å²) in [5.41, 5.74) is 6.93. The van der Waals surface area contributed by atoms with Crippen molar-refractivity contribution >= 4 is 44.1 Å². The molecule has 5 nitrogen and oxygen atoms in total. The Kier molecular flexibility index (Phi) is 6.15. The molecule has 0 bridgehead atoms. The van der Waals surface area contributed by atoms with Gasteiger partial charge in [-0.3, -0.25) is 14.5 Å². The molecule has 1 N–H and O–H groups in total. The van der Waals surface area contributed by atoms with Crippen LogP contribution in [0.3, 0.4) is 0 Å². The zero-order valence-electron chi connectivity index (χ0n) is 21.8. The first-order valence-electron chi connectivity index (χ1n) is 13.2. The van der Waals surface area contributed by atoms with E-state index in [9.17, 15) is 14.7 Å². The van der Waals surface area contributed by atoms with Gasteiger partial charge in [0, 0.05) is 5.56 Å². The van der Waals surface area contributed by atoms with Gasteiger partial charge in [0.1, 0.15) is 5.76 Å². The van der Waals surface area contributed by atoms with Crippen LogP contribution in [-0.2, 0) is 22.4 Å². The van der Waals surface area contributed by atoms with E-state index in [4.69, 9.17) is 4.98 Å². The molecule has 1 atom stereocenters. The minimum atomic E-state index is -0.768. The van der Waals surface area contributed by atoms with E-state index in [0.717, 1.165) is 47.0 Å². The van der Waals surface area contributed by atoms with Gasteiger partial charge in [0.15, 0.2) is 5.13 Å². The fourth-order valence-corrected chi connectivity index (χ4v) is 6.65. The number of aryl methyl sites for hydroxylation is 3. The van der Waals surface area contributed by atoms with Crippen LogP contribution in [0, 0.1) is 6.92 Å². The summed E-state index contributed by atoms with van der Waals surface area (Å²) in [6, 6.07) is 19.0. The molecular formula is C32H30N2O3S. The second-order valence-electron chi connectivity index (χ2n) is 10.7. The number of hydrogen-bond acceptors (Lipinski definition) is 5. The zero-order chi connectivity index (χ0) is 26.6. The van der Waals surface area contributed by atoms with Gasteiger partial charge < -0.3 is 5.11 Å². The molecular weight excluding hydrogens is 492 g/mol. The van der Waals surface area contributed by atoms with Gasteiger partial charge in [-0.1, -0.05) is 73.2 Å². The molecule has 1 aliphatic carbocycles. The molecule has 1 saturated heterocycles. The number of hydrogen-bond donors (Lipinski definition) is 1. The molecule has 192 valence electrons. The average Bonchev–Trinajstić information content (AvgIpc) is 3.45. The van der Waals surface area contributed by atoms with Crippen LogP contribution in [0.2, 0.25) is 0 Å². The fraction of sp³-hybridized carbons (Fsp3) is 0.281. The van der Waals surface area contributed by atoms with Crippen molar-refractivity contribution in [3.63, 3.8) is 0 Å². The molecule has 1 aliphatic heterocycles. The first-order chi connectivity index (χ1) is 18.3. The number of aliphatic hydroxyl groups excluding tert-OH is 1. The number of aliphatic hydroxyl groups is 1. The summed E-state index contributed by atoms with van der Waals surface area (Å²) in [7, 11) is 0. The van der Waals surface area contributed by atoms with E-state index >= 15 is 0 Å². The molecule has 4 aromatic rings. The quantitative estimate of drug-likeness (QED) is 0.174. The number of carbonyl (C=O) groups is 2. The summed E-state index contributed by atoms with van der Waals surface area (Å²) in [5.74, 6) is -1.12. The summed E-state index contributed by atoms with van der Waals surface area (Å²) in [6.45, 7) is 6.25. The predicted octanol–water partition coefficient (Wildman–Crippen LogP) is 7.23. The third kappa shape index (κ3) is 4.13. The first-order valence-corrected chi connectivity index (χ1v) is 14.0. The lowest BCUT2D eigenvalue weighted by Crippen LogP contribution is -2.29. The number of Topliss-reactive ketones (excluding diaryl/α,β-unsaturated/α-hetero) is 1. The SMILES string of the molecule is Cc1cccc(C2/C(=C(\O)c3ccc4c(c3)CCCC4)C(=O)C(=O)N2c2nc3ccc(C(C)C)cc3s2)c1. The lowest BCUT2D eigenvalue weighted by Gasteiger charge is -2.23. The van der Waals surface area contributed by atoms with Crippen molar-refractivity contribution in [2.45, 2.75) is 58.4 Å². The van der Waals surface area contributed by atoms with Crippen molar-refractivity contribution in [2.24, 2.45) is 0 Å². The number of thiazole rings is 1. The highest BCUT2D eigenvalue weighted by molar-refractivity contribution is 7.22. The van der Waals surface area contributed by atoms with E-state index in [1.807, 2.05) is 55.5 Å². The highest BCUT2D eigenvalue weighted by atomic mass is 32.1. The van der Waals surface area contributed by atoms with Gasteiger partial charge in [0.2, 0.25) is 0 Å². The second-order valence-corrected chi connectivity index (χ2v) is 11.7. The summed E-state index contributed by atoms with van der Waals surface area (Å²) in [6.07, 6.45) is 4.26. The Morgan fingerprint density at radius 1 is 1.00 bits per heavy atom. The van der Waals surface area contributed by atoms with Crippen molar-refractivity contribution in [1.29, 1.82) is 0 Å². The van der Waals surface area contributed by atoms with E-state index in [1.165, 1.54) is 32.9 Å². The molecule has 1 fully saturated rings. The van der Waals surface area contributed by atoms with Crippen LogP contribution < -0.4 is 4.90 Å². The van der Waals surface area contributed by atoms with Crippen LogP contribution >= 0.6 is 11.3 Å². The minimum absolute atomic E-state index is 0.110. The smallest absolute Gasteiger partial charge is 0.301 e. The second kappa shape index (κ2) is 9.52. The zero-order valence-corrected chi connectivity index (χ0v) is 22.6. The largest absolute Gasteiger partial charge is 0.507 e. The van der Waals surface area contributed by atoms with Crippen LogP contribution in [0.5, 0.6) is 0 Å². The van der Waals surface area contributed by atoms with Gasteiger partial charge in [0.05, 0.1) is 21.8 Å². The van der Waals surface area contributed by atoms with Crippen LogP contribution in [0.1, 0.15) is 72.0 Å². The maximum Gasteiger partial charge on any atom is 0.301 e. The number of carbonyl (C=O) groups excluding carboxylic acids is 2. The summed E-state index contributed by atoms with van der Waals surface area (Å²) in [4.78, 5) is 33.4. The highest BCUT2D eigenvalue weighted by Crippen LogP contribution is 2.45. The molecule has 0 radical (unpaired) electrons. The lowest BCUT2D eigenvalue weighted by molar-refractivity contribution is -0.132. The average molecular weight is 523 g/mol. The third-order valence-corrected chi connectivity index (χ3v) is 8.72. The normalized spacial score (nSPS) is 18.9. The number of nitrogens with zero attached hydrogens (tertiary/aromatic N) is 2. The number of benzene rings is 3. The maximum absolute atomic E-state index is 13.6. The number of fused-ring (bicyclic) bond motifs is 2. The van der Waals surface area contributed by atoms with E-state index in [2.05, 4.69) is 26.0 Å². The molecule has 38 heavy (non-hydrogen) atoms. The molecule has 3 aromatic carbocycles. The van der Waals surface area contributed by atoms with E-state index in [0.29, 0.717) is 16.6 Å². The molecule has 2 aliphatic rings. The highest BCUT2D eigenvalue weighted by Gasteiger charge is 2.48. The van der Waals surface area contributed by atoms with Gasteiger partial charge in [-0.2, -0.15) is 0 Å². The minimum Gasteiger partial charge on any atom is -0.507 e. The summed E-state index contributed by atoms with van der Waals surface area (Å²) in [5, 5.41) is 12.0. The molecule has 1 aromatic heterocycles.